The summed E-state index contributed by atoms with van der Waals surface area (Å²) in [5.74, 6) is -1.07. The molecule has 1 aromatic carbocycles. The van der Waals surface area contributed by atoms with Crippen molar-refractivity contribution >= 4 is 23.5 Å². The monoisotopic (exact) mass is 382 g/mol. The number of hydrogen-bond donors (Lipinski definition) is 2. The number of imidazole rings is 1. The lowest BCUT2D eigenvalue weighted by molar-refractivity contribution is 0.0600. The lowest BCUT2D eigenvalue weighted by Gasteiger charge is -2.17. The van der Waals surface area contributed by atoms with Crippen molar-refractivity contribution in [1.82, 2.24) is 14.9 Å². The Bertz CT molecular complexity index is 932. The number of rotatable bonds is 6. The number of anilines is 1. The Morgan fingerprint density at radius 2 is 2.11 bits per heavy atom. The SMILES string of the molecule is C=CCNC(=O)c1nc(C(=O)Nc2cccc(C(=O)OC)c2)n2c1CCCC2. The van der Waals surface area contributed by atoms with Crippen molar-refractivity contribution in [3.8, 4) is 0 Å². The van der Waals surface area contributed by atoms with Crippen LogP contribution in [-0.4, -0.2) is 41.0 Å². The van der Waals surface area contributed by atoms with Gasteiger partial charge in [-0.3, -0.25) is 9.59 Å². The molecule has 8 heteroatoms. The zero-order chi connectivity index (χ0) is 20.1. The van der Waals surface area contributed by atoms with E-state index in [1.165, 1.54) is 13.2 Å². The van der Waals surface area contributed by atoms with E-state index in [2.05, 4.69) is 22.2 Å². The fourth-order valence-electron chi connectivity index (χ4n) is 3.18. The molecule has 0 fully saturated rings. The highest BCUT2D eigenvalue weighted by Gasteiger charge is 2.27. The Kier molecular flexibility index (Phi) is 5.88. The predicted molar refractivity (Wildman–Crippen MR) is 103 cm³/mol. The molecule has 8 nitrogen and oxygen atoms in total. The maximum absolute atomic E-state index is 12.8. The Morgan fingerprint density at radius 1 is 1.29 bits per heavy atom. The Labute approximate surface area is 162 Å². The van der Waals surface area contributed by atoms with Crippen LogP contribution in [0.5, 0.6) is 0 Å². The van der Waals surface area contributed by atoms with E-state index in [0.29, 0.717) is 30.8 Å². The standard InChI is InChI=1S/C20H22N4O4/c1-3-10-21-18(25)16-15-9-4-5-11-24(15)17(23-16)19(26)22-14-8-6-7-13(12-14)20(27)28-2/h3,6-8,12H,1,4-5,9-11H2,2H3,(H,21,25)(H,22,26). The molecule has 0 atom stereocenters. The topological polar surface area (TPSA) is 102 Å². The maximum atomic E-state index is 12.8. The van der Waals surface area contributed by atoms with E-state index >= 15 is 0 Å². The second-order valence-corrected chi connectivity index (χ2v) is 6.36. The fraction of sp³-hybridized carbons (Fsp3) is 0.300. The lowest BCUT2D eigenvalue weighted by atomic mass is 10.1. The summed E-state index contributed by atoms with van der Waals surface area (Å²) in [6.07, 6.45) is 4.13. The van der Waals surface area contributed by atoms with Crippen LogP contribution in [0.2, 0.25) is 0 Å². The summed E-state index contributed by atoms with van der Waals surface area (Å²) in [4.78, 5) is 41.2. The average Bonchev–Trinajstić information content (AvgIpc) is 3.11. The quantitative estimate of drug-likeness (QED) is 0.589. The van der Waals surface area contributed by atoms with E-state index in [-0.39, 0.29) is 17.4 Å². The van der Waals surface area contributed by atoms with E-state index in [9.17, 15) is 14.4 Å². The summed E-state index contributed by atoms with van der Waals surface area (Å²) in [5, 5.41) is 5.46. The number of aromatic nitrogens is 2. The molecule has 0 saturated carbocycles. The van der Waals surface area contributed by atoms with Crippen molar-refractivity contribution in [2.75, 3.05) is 19.0 Å². The van der Waals surface area contributed by atoms with Crippen molar-refractivity contribution < 1.29 is 19.1 Å². The van der Waals surface area contributed by atoms with Gasteiger partial charge in [-0.05, 0) is 37.5 Å². The first-order valence-electron chi connectivity index (χ1n) is 9.03. The van der Waals surface area contributed by atoms with Crippen LogP contribution in [0.25, 0.3) is 0 Å². The number of ether oxygens (including phenoxy) is 1. The molecule has 0 saturated heterocycles. The number of esters is 1. The van der Waals surface area contributed by atoms with Gasteiger partial charge in [0.1, 0.15) is 5.69 Å². The number of hydrogen-bond acceptors (Lipinski definition) is 5. The van der Waals surface area contributed by atoms with Crippen molar-refractivity contribution in [2.45, 2.75) is 25.8 Å². The van der Waals surface area contributed by atoms with Crippen molar-refractivity contribution in [2.24, 2.45) is 0 Å². The molecule has 0 aliphatic carbocycles. The van der Waals surface area contributed by atoms with E-state index in [1.54, 1.807) is 28.8 Å². The molecule has 0 radical (unpaired) electrons. The van der Waals surface area contributed by atoms with E-state index in [1.807, 2.05) is 0 Å². The first kappa shape index (κ1) is 19.3. The van der Waals surface area contributed by atoms with Gasteiger partial charge >= 0.3 is 5.97 Å². The molecule has 2 aromatic rings. The third kappa shape index (κ3) is 3.95. The molecule has 28 heavy (non-hydrogen) atoms. The summed E-state index contributed by atoms with van der Waals surface area (Å²) in [7, 11) is 1.29. The van der Waals surface area contributed by atoms with Crippen LogP contribution in [0.3, 0.4) is 0 Å². The van der Waals surface area contributed by atoms with Crippen LogP contribution in [0.1, 0.15) is 50.0 Å². The van der Waals surface area contributed by atoms with Gasteiger partial charge < -0.3 is 19.9 Å². The Hall–Kier alpha value is -3.42. The summed E-state index contributed by atoms with van der Waals surface area (Å²) in [5.41, 5.74) is 1.81. The molecule has 1 aliphatic rings. The molecule has 1 aliphatic heterocycles. The smallest absolute Gasteiger partial charge is 0.337 e. The van der Waals surface area contributed by atoms with Crippen LogP contribution in [0.15, 0.2) is 36.9 Å². The Morgan fingerprint density at radius 3 is 2.86 bits per heavy atom. The number of methoxy groups -OCH3 is 1. The highest BCUT2D eigenvalue weighted by molar-refractivity contribution is 6.04. The molecule has 146 valence electrons. The summed E-state index contributed by atoms with van der Waals surface area (Å²) in [6, 6.07) is 6.45. The van der Waals surface area contributed by atoms with E-state index in [0.717, 1.165) is 18.5 Å². The summed E-state index contributed by atoms with van der Waals surface area (Å²) < 4.78 is 6.50. The van der Waals surface area contributed by atoms with Crippen LogP contribution in [0.4, 0.5) is 5.69 Å². The molecule has 2 N–H and O–H groups in total. The number of nitrogens with zero attached hydrogens (tertiary/aromatic N) is 2. The van der Waals surface area contributed by atoms with Gasteiger partial charge in [-0.2, -0.15) is 0 Å². The van der Waals surface area contributed by atoms with Crippen LogP contribution >= 0.6 is 0 Å². The number of benzene rings is 1. The van der Waals surface area contributed by atoms with Crippen LogP contribution in [-0.2, 0) is 17.7 Å². The van der Waals surface area contributed by atoms with Gasteiger partial charge in [-0.1, -0.05) is 12.1 Å². The first-order valence-corrected chi connectivity index (χ1v) is 9.03. The highest BCUT2D eigenvalue weighted by Crippen LogP contribution is 2.22. The minimum atomic E-state index is -0.490. The first-order chi connectivity index (χ1) is 13.5. The minimum absolute atomic E-state index is 0.182. The molecular formula is C20H22N4O4. The van der Waals surface area contributed by atoms with Gasteiger partial charge in [-0.15, -0.1) is 6.58 Å². The van der Waals surface area contributed by atoms with E-state index < -0.39 is 11.9 Å². The van der Waals surface area contributed by atoms with E-state index in [4.69, 9.17) is 4.74 Å². The Balaban J connectivity index is 1.87. The number of nitrogens with one attached hydrogen (secondary N) is 2. The average molecular weight is 382 g/mol. The molecule has 3 rings (SSSR count). The predicted octanol–water partition coefficient (Wildman–Crippen LogP) is 2.17. The molecule has 1 aromatic heterocycles. The molecular weight excluding hydrogens is 360 g/mol. The molecule has 2 amide bonds. The fourth-order valence-corrected chi connectivity index (χ4v) is 3.18. The van der Waals surface area contributed by atoms with Gasteiger partial charge in [-0.25, -0.2) is 9.78 Å². The zero-order valence-corrected chi connectivity index (χ0v) is 15.7. The highest BCUT2D eigenvalue weighted by atomic mass is 16.5. The third-order valence-electron chi connectivity index (χ3n) is 4.48. The van der Waals surface area contributed by atoms with Crippen molar-refractivity contribution in [3.05, 3.63) is 59.7 Å². The number of amides is 2. The normalized spacial score (nSPS) is 12.6. The van der Waals surface area contributed by atoms with Crippen LogP contribution in [0, 0.1) is 0 Å². The summed E-state index contributed by atoms with van der Waals surface area (Å²) in [6.45, 7) is 4.54. The summed E-state index contributed by atoms with van der Waals surface area (Å²) >= 11 is 0. The van der Waals surface area contributed by atoms with Crippen LogP contribution < -0.4 is 10.6 Å². The largest absolute Gasteiger partial charge is 0.465 e. The second-order valence-electron chi connectivity index (χ2n) is 6.36. The van der Waals surface area contributed by atoms with Gasteiger partial charge in [0.15, 0.2) is 5.82 Å². The van der Waals surface area contributed by atoms with Gasteiger partial charge in [0.25, 0.3) is 11.8 Å². The molecule has 0 spiro atoms. The van der Waals surface area contributed by atoms with Crippen molar-refractivity contribution in [3.63, 3.8) is 0 Å². The van der Waals surface area contributed by atoms with Crippen molar-refractivity contribution in [1.29, 1.82) is 0 Å². The van der Waals surface area contributed by atoms with Gasteiger partial charge in [0.05, 0.1) is 18.4 Å². The lowest BCUT2D eigenvalue weighted by Crippen LogP contribution is -2.25. The molecule has 2 heterocycles. The van der Waals surface area contributed by atoms with Gasteiger partial charge in [0.2, 0.25) is 0 Å². The van der Waals surface area contributed by atoms with Gasteiger partial charge in [0, 0.05) is 18.8 Å². The number of fused-ring (bicyclic) bond motifs is 1. The molecule has 0 unspecified atom stereocenters. The second kappa shape index (κ2) is 8.51. The zero-order valence-electron chi connectivity index (χ0n) is 15.7. The minimum Gasteiger partial charge on any atom is -0.465 e. The molecule has 0 bridgehead atoms. The number of carbonyl (C=O) groups excluding carboxylic acids is 3. The number of carbonyl (C=O) groups is 3. The maximum Gasteiger partial charge on any atom is 0.337 e. The third-order valence-corrected chi connectivity index (χ3v) is 4.48.